The van der Waals surface area contributed by atoms with Gasteiger partial charge in [-0.15, -0.1) is 0 Å². The van der Waals surface area contributed by atoms with Gasteiger partial charge in [-0.1, -0.05) is 19.3 Å². The van der Waals surface area contributed by atoms with Gasteiger partial charge in [0.25, 0.3) is 0 Å². The van der Waals surface area contributed by atoms with Crippen LogP contribution < -0.4 is 21.1 Å². The van der Waals surface area contributed by atoms with Crippen molar-refractivity contribution >= 4 is 17.8 Å². The summed E-state index contributed by atoms with van der Waals surface area (Å²) in [7, 11) is 0. The van der Waals surface area contributed by atoms with E-state index in [1.807, 2.05) is 0 Å². The monoisotopic (exact) mass is 293 g/mol. The number of nitrogen functional groups attached to an aromatic ring is 1. The lowest BCUT2D eigenvalue weighted by atomic mass is 10.1. The van der Waals surface area contributed by atoms with Crippen molar-refractivity contribution in [3.05, 3.63) is 0 Å². The number of hydrogen-bond donors (Lipinski definition) is 2. The van der Waals surface area contributed by atoms with Crippen LogP contribution in [0, 0.1) is 0 Å². The highest BCUT2D eigenvalue weighted by Crippen LogP contribution is 2.19. The first-order chi connectivity index (χ1) is 10.3. The third-order valence-electron chi connectivity index (χ3n) is 3.93. The van der Waals surface area contributed by atoms with E-state index < -0.39 is 0 Å². The van der Waals surface area contributed by atoms with Crippen molar-refractivity contribution in [2.75, 3.05) is 41.4 Å². The van der Waals surface area contributed by atoms with Crippen molar-refractivity contribution < 1.29 is 0 Å². The predicted molar refractivity (Wildman–Crippen MR) is 86.5 cm³/mol. The van der Waals surface area contributed by atoms with Crippen LogP contribution in [0.25, 0.3) is 0 Å². The first-order valence-electron chi connectivity index (χ1n) is 8.01. The van der Waals surface area contributed by atoms with Crippen molar-refractivity contribution in [2.45, 2.75) is 46.0 Å². The summed E-state index contributed by atoms with van der Waals surface area (Å²) in [6.45, 7) is 7.93. The molecular formula is C14H27N7. The van der Waals surface area contributed by atoms with Gasteiger partial charge in [0.15, 0.2) is 0 Å². The lowest BCUT2D eigenvalue weighted by Crippen LogP contribution is -2.31. The van der Waals surface area contributed by atoms with Gasteiger partial charge in [-0.2, -0.15) is 15.0 Å². The molecule has 2 heterocycles. The molecule has 0 saturated carbocycles. The Balaban J connectivity index is 2.25. The average molecular weight is 293 g/mol. The molecule has 1 fully saturated rings. The quantitative estimate of drug-likeness (QED) is 0.632. The molecule has 3 N–H and O–H groups in total. The number of nitrogens with zero attached hydrogens (tertiary/aromatic N) is 5. The maximum absolute atomic E-state index is 5.52. The van der Waals surface area contributed by atoms with Crippen molar-refractivity contribution in [1.82, 2.24) is 15.0 Å². The molecule has 1 aromatic heterocycles. The molecule has 118 valence electrons. The summed E-state index contributed by atoms with van der Waals surface area (Å²) < 4.78 is 0. The lowest BCUT2D eigenvalue weighted by Gasteiger charge is -2.26. The molecule has 1 aromatic rings. The van der Waals surface area contributed by atoms with Gasteiger partial charge in [-0.3, -0.25) is 5.43 Å². The fraction of sp³-hybridized carbons (Fsp3) is 0.786. The van der Waals surface area contributed by atoms with E-state index in [9.17, 15) is 0 Å². The number of rotatable bonds is 5. The molecule has 0 bridgehead atoms. The van der Waals surface area contributed by atoms with Gasteiger partial charge in [0, 0.05) is 26.2 Å². The van der Waals surface area contributed by atoms with Crippen LogP contribution in [0.2, 0.25) is 0 Å². The highest BCUT2D eigenvalue weighted by Gasteiger charge is 2.16. The molecule has 21 heavy (non-hydrogen) atoms. The van der Waals surface area contributed by atoms with E-state index in [1.54, 1.807) is 0 Å². The first kappa shape index (κ1) is 15.8. The van der Waals surface area contributed by atoms with Crippen LogP contribution in [0.3, 0.4) is 0 Å². The van der Waals surface area contributed by atoms with Gasteiger partial charge in [0.05, 0.1) is 0 Å². The third kappa shape index (κ3) is 4.17. The van der Waals surface area contributed by atoms with Crippen LogP contribution in [0.15, 0.2) is 0 Å². The molecule has 0 aliphatic carbocycles. The molecule has 1 aliphatic heterocycles. The van der Waals surface area contributed by atoms with Gasteiger partial charge in [0.1, 0.15) is 0 Å². The second-order valence-electron chi connectivity index (χ2n) is 5.33. The van der Waals surface area contributed by atoms with E-state index in [2.05, 4.69) is 44.0 Å². The summed E-state index contributed by atoms with van der Waals surface area (Å²) in [6, 6.07) is 0. The van der Waals surface area contributed by atoms with Crippen LogP contribution >= 0.6 is 0 Å². The third-order valence-corrected chi connectivity index (χ3v) is 3.93. The molecule has 0 unspecified atom stereocenters. The normalized spacial score (nSPS) is 16.2. The van der Waals surface area contributed by atoms with Gasteiger partial charge in [-0.25, -0.2) is 5.84 Å². The number of aromatic nitrogens is 3. The van der Waals surface area contributed by atoms with E-state index in [1.165, 1.54) is 32.1 Å². The van der Waals surface area contributed by atoms with Crippen LogP contribution in [-0.2, 0) is 0 Å². The molecular weight excluding hydrogens is 266 g/mol. The summed E-state index contributed by atoms with van der Waals surface area (Å²) in [6.07, 6.45) is 6.29. The fourth-order valence-corrected chi connectivity index (χ4v) is 2.66. The minimum Gasteiger partial charge on any atom is -0.341 e. The standard InChI is InChI=1S/C14H27N7/c1-3-20(4-2)13-16-12(19-15)17-14(18-13)21-10-8-6-5-7-9-11-21/h3-11,15H2,1-2H3,(H,16,17,18,19). The number of hydrogen-bond acceptors (Lipinski definition) is 7. The summed E-state index contributed by atoms with van der Waals surface area (Å²) in [5.74, 6) is 7.38. The summed E-state index contributed by atoms with van der Waals surface area (Å²) in [5.41, 5.74) is 2.56. The van der Waals surface area contributed by atoms with Crippen molar-refractivity contribution in [3.8, 4) is 0 Å². The van der Waals surface area contributed by atoms with Crippen LogP contribution in [-0.4, -0.2) is 41.1 Å². The highest BCUT2D eigenvalue weighted by atomic mass is 15.4. The van der Waals surface area contributed by atoms with Crippen molar-refractivity contribution in [1.29, 1.82) is 0 Å². The lowest BCUT2D eigenvalue weighted by molar-refractivity contribution is 0.550. The number of anilines is 3. The molecule has 0 radical (unpaired) electrons. The van der Waals surface area contributed by atoms with E-state index in [4.69, 9.17) is 5.84 Å². The number of nitrogens with two attached hydrogens (primary N) is 1. The Morgan fingerprint density at radius 3 is 2.19 bits per heavy atom. The Hall–Kier alpha value is -1.63. The minimum absolute atomic E-state index is 0.434. The Morgan fingerprint density at radius 1 is 1.00 bits per heavy atom. The van der Waals surface area contributed by atoms with E-state index in [-0.39, 0.29) is 0 Å². The van der Waals surface area contributed by atoms with Crippen LogP contribution in [0.1, 0.15) is 46.0 Å². The minimum atomic E-state index is 0.434. The number of nitrogens with one attached hydrogen (secondary N) is 1. The summed E-state index contributed by atoms with van der Waals surface area (Å²) in [5, 5.41) is 0. The zero-order valence-electron chi connectivity index (χ0n) is 13.2. The van der Waals surface area contributed by atoms with Gasteiger partial charge >= 0.3 is 0 Å². The van der Waals surface area contributed by atoms with E-state index >= 15 is 0 Å². The van der Waals surface area contributed by atoms with Gasteiger partial charge in [-0.05, 0) is 26.7 Å². The Labute approximate surface area is 126 Å². The second kappa shape index (κ2) is 7.97. The molecule has 0 atom stereocenters. The van der Waals surface area contributed by atoms with Gasteiger partial charge in [0.2, 0.25) is 17.8 Å². The highest BCUT2D eigenvalue weighted by molar-refractivity contribution is 5.44. The summed E-state index contributed by atoms with van der Waals surface area (Å²) in [4.78, 5) is 17.8. The van der Waals surface area contributed by atoms with Crippen LogP contribution in [0.4, 0.5) is 17.8 Å². The zero-order chi connectivity index (χ0) is 15.1. The maximum Gasteiger partial charge on any atom is 0.243 e. The zero-order valence-corrected chi connectivity index (χ0v) is 13.2. The molecule has 2 rings (SSSR count). The molecule has 0 spiro atoms. The molecule has 7 nitrogen and oxygen atoms in total. The first-order valence-corrected chi connectivity index (χ1v) is 8.01. The number of hydrazine groups is 1. The fourth-order valence-electron chi connectivity index (χ4n) is 2.66. The smallest absolute Gasteiger partial charge is 0.243 e. The van der Waals surface area contributed by atoms with Crippen molar-refractivity contribution in [2.24, 2.45) is 5.84 Å². The van der Waals surface area contributed by atoms with Crippen molar-refractivity contribution in [3.63, 3.8) is 0 Å². The Morgan fingerprint density at radius 2 is 1.62 bits per heavy atom. The molecule has 1 aliphatic rings. The van der Waals surface area contributed by atoms with E-state index in [0.29, 0.717) is 11.9 Å². The molecule has 0 aromatic carbocycles. The summed E-state index contributed by atoms with van der Waals surface area (Å²) >= 11 is 0. The second-order valence-corrected chi connectivity index (χ2v) is 5.33. The topological polar surface area (TPSA) is 83.2 Å². The van der Waals surface area contributed by atoms with Gasteiger partial charge < -0.3 is 9.80 Å². The van der Waals surface area contributed by atoms with E-state index in [0.717, 1.165) is 32.1 Å². The molecule has 0 amide bonds. The Bertz CT molecular complexity index is 425. The maximum atomic E-state index is 5.52. The predicted octanol–water partition coefficient (Wildman–Crippen LogP) is 1.77. The SMILES string of the molecule is CCN(CC)c1nc(NN)nc(N2CCCCCCC2)n1. The molecule has 7 heteroatoms. The largest absolute Gasteiger partial charge is 0.341 e. The Kier molecular flexibility index (Phi) is 5.98. The molecule has 1 saturated heterocycles. The average Bonchev–Trinajstić information content (AvgIpc) is 2.48. The van der Waals surface area contributed by atoms with Crippen LogP contribution in [0.5, 0.6) is 0 Å².